The van der Waals surface area contributed by atoms with Gasteiger partial charge in [0.15, 0.2) is 0 Å². The number of aromatic amines is 1. The van der Waals surface area contributed by atoms with E-state index >= 15 is 0 Å². The van der Waals surface area contributed by atoms with Crippen molar-refractivity contribution in [1.82, 2.24) is 30.4 Å². The smallest absolute Gasteiger partial charge is 0.132 e. The fourth-order valence-electron chi connectivity index (χ4n) is 5.05. The minimum absolute atomic E-state index is 0.00428. The van der Waals surface area contributed by atoms with Crippen LogP contribution in [0.25, 0.3) is 22.3 Å². The van der Waals surface area contributed by atoms with Gasteiger partial charge >= 0.3 is 0 Å². The largest absolute Gasteiger partial charge is 0.488 e. The van der Waals surface area contributed by atoms with Crippen LogP contribution in [0.5, 0.6) is 5.75 Å². The van der Waals surface area contributed by atoms with Gasteiger partial charge in [-0.25, -0.2) is 9.97 Å². The van der Waals surface area contributed by atoms with Gasteiger partial charge < -0.3 is 15.0 Å². The van der Waals surface area contributed by atoms with E-state index in [1.54, 1.807) is 6.33 Å². The Morgan fingerprint density at radius 1 is 1.06 bits per heavy atom. The molecule has 0 radical (unpaired) electrons. The van der Waals surface area contributed by atoms with Crippen molar-refractivity contribution in [3.63, 3.8) is 0 Å². The number of hydrogen-bond donors (Lipinski definition) is 2. The number of anilines is 1. The van der Waals surface area contributed by atoms with Crippen LogP contribution in [-0.4, -0.2) is 76.5 Å². The maximum Gasteiger partial charge on any atom is 0.132 e. The number of nitrogens with zero attached hydrogens (tertiary/aromatic N) is 5. The second kappa shape index (κ2) is 8.57. The molecule has 1 aromatic carbocycles. The summed E-state index contributed by atoms with van der Waals surface area (Å²) < 4.78 is 6.17. The molecule has 0 atom stereocenters. The maximum absolute atomic E-state index is 6.17. The second-order valence-electron chi connectivity index (χ2n) is 10.1. The molecule has 2 aromatic heterocycles. The molecular weight excluding hydrogens is 414 g/mol. The zero-order chi connectivity index (χ0) is 22.3. The molecule has 3 fully saturated rings. The molecule has 6 rings (SSSR count). The highest BCUT2D eigenvalue weighted by Crippen LogP contribution is 2.40. The molecule has 4 heterocycles. The highest BCUT2D eigenvalue weighted by Gasteiger charge is 2.40. The number of rotatable bonds is 6. The van der Waals surface area contributed by atoms with Gasteiger partial charge in [0.25, 0.3) is 0 Å². The number of nitrogens with one attached hydrogen (secondary N) is 2. The first-order valence-corrected chi connectivity index (χ1v) is 12.3. The molecule has 0 spiro atoms. The topological polar surface area (TPSA) is 82.2 Å². The van der Waals surface area contributed by atoms with Crippen LogP contribution in [-0.2, 0) is 0 Å². The van der Waals surface area contributed by atoms with Crippen LogP contribution in [0.3, 0.4) is 0 Å². The van der Waals surface area contributed by atoms with Gasteiger partial charge in [0.05, 0.1) is 11.2 Å². The monoisotopic (exact) mass is 447 g/mol. The van der Waals surface area contributed by atoms with E-state index in [4.69, 9.17) is 4.74 Å². The summed E-state index contributed by atoms with van der Waals surface area (Å²) in [7, 11) is 0. The van der Waals surface area contributed by atoms with Crippen molar-refractivity contribution >= 4 is 16.7 Å². The first-order chi connectivity index (χ1) is 16.2. The lowest BCUT2D eigenvalue weighted by molar-refractivity contribution is 0.196. The van der Waals surface area contributed by atoms with Crippen LogP contribution in [0.2, 0.25) is 0 Å². The second-order valence-corrected chi connectivity index (χ2v) is 10.1. The van der Waals surface area contributed by atoms with Crippen LogP contribution in [0.1, 0.15) is 32.6 Å². The summed E-state index contributed by atoms with van der Waals surface area (Å²) in [6.07, 6.45) is 6.50. The van der Waals surface area contributed by atoms with E-state index in [2.05, 4.69) is 54.3 Å². The third kappa shape index (κ3) is 4.54. The highest BCUT2D eigenvalue weighted by molar-refractivity contribution is 5.93. The average Bonchev–Trinajstić information content (AvgIpc) is 3.42. The first kappa shape index (κ1) is 20.9. The summed E-state index contributed by atoms with van der Waals surface area (Å²) in [5, 5.41) is 12.2. The third-order valence-corrected chi connectivity index (χ3v) is 7.42. The average molecular weight is 448 g/mol. The van der Waals surface area contributed by atoms with E-state index in [9.17, 15) is 0 Å². The summed E-state index contributed by atoms with van der Waals surface area (Å²) in [4.78, 5) is 14.2. The predicted octanol–water partition coefficient (Wildman–Crippen LogP) is 3.07. The van der Waals surface area contributed by atoms with Crippen molar-refractivity contribution in [3.8, 4) is 17.1 Å². The quantitative estimate of drug-likeness (QED) is 0.601. The minimum Gasteiger partial charge on any atom is -0.488 e. The standard InChI is InChI=1S/C25H33N7O/c1-25(6-7-25)33-19-2-3-21-20(14-19)24(30-29-21)22-15-23(28-17-27-22)32-12-10-31(11-13-32)16-18-4-8-26-9-5-18/h2-3,14-15,17-18,26H,4-13,16H2,1H3,(H,29,30). The number of ether oxygens (including phenoxy) is 1. The normalized spacial score (nSPS) is 21.4. The summed E-state index contributed by atoms with van der Waals surface area (Å²) in [5.74, 6) is 2.72. The Hall–Kier alpha value is -2.71. The molecule has 0 amide bonds. The molecule has 2 aliphatic heterocycles. The molecule has 0 bridgehead atoms. The fourth-order valence-corrected chi connectivity index (χ4v) is 5.05. The van der Waals surface area contributed by atoms with Gasteiger partial charge in [-0.15, -0.1) is 0 Å². The van der Waals surface area contributed by atoms with Crippen molar-refractivity contribution in [2.24, 2.45) is 5.92 Å². The van der Waals surface area contributed by atoms with Gasteiger partial charge in [-0.1, -0.05) is 0 Å². The van der Waals surface area contributed by atoms with Gasteiger partial charge in [-0.3, -0.25) is 10.00 Å². The van der Waals surface area contributed by atoms with E-state index in [1.165, 1.54) is 32.5 Å². The Bertz CT molecular complexity index is 1110. The van der Waals surface area contributed by atoms with Gasteiger partial charge in [0.1, 0.15) is 29.2 Å². The highest BCUT2D eigenvalue weighted by atomic mass is 16.5. The number of piperidine rings is 1. The number of hydrogen-bond acceptors (Lipinski definition) is 7. The Balaban J connectivity index is 1.16. The third-order valence-electron chi connectivity index (χ3n) is 7.42. The van der Waals surface area contributed by atoms with Gasteiger partial charge in [-0.2, -0.15) is 5.10 Å². The summed E-state index contributed by atoms with van der Waals surface area (Å²) in [5.41, 5.74) is 2.68. The lowest BCUT2D eigenvalue weighted by Crippen LogP contribution is -2.48. The molecule has 1 saturated carbocycles. The molecule has 2 saturated heterocycles. The maximum atomic E-state index is 6.17. The van der Waals surface area contributed by atoms with Gasteiger partial charge in [0, 0.05) is 44.2 Å². The van der Waals surface area contributed by atoms with E-state index in [0.29, 0.717) is 0 Å². The summed E-state index contributed by atoms with van der Waals surface area (Å²) >= 11 is 0. The Morgan fingerprint density at radius 2 is 1.88 bits per heavy atom. The molecule has 33 heavy (non-hydrogen) atoms. The van der Waals surface area contributed by atoms with Gasteiger partial charge in [-0.05, 0) is 69.8 Å². The van der Waals surface area contributed by atoms with Crippen molar-refractivity contribution in [1.29, 1.82) is 0 Å². The fraction of sp³-hybridized carbons (Fsp3) is 0.560. The molecule has 3 aliphatic rings. The molecule has 3 aromatic rings. The number of fused-ring (bicyclic) bond motifs is 1. The molecule has 174 valence electrons. The van der Waals surface area contributed by atoms with Gasteiger partial charge in [0.2, 0.25) is 0 Å². The van der Waals surface area contributed by atoms with Crippen LogP contribution in [0.4, 0.5) is 5.82 Å². The summed E-state index contributed by atoms with van der Waals surface area (Å²) in [6, 6.07) is 8.21. The van der Waals surface area contributed by atoms with Crippen molar-refractivity contribution in [2.75, 3.05) is 50.7 Å². The number of H-pyrrole nitrogens is 1. The molecule has 8 heteroatoms. The summed E-state index contributed by atoms with van der Waals surface area (Å²) in [6.45, 7) is 9.91. The molecular formula is C25H33N7O. The van der Waals surface area contributed by atoms with Crippen LogP contribution >= 0.6 is 0 Å². The Labute approximate surface area is 194 Å². The minimum atomic E-state index is -0.00428. The van der Waals surface area contributed by atoms with Crippen molar-refractivity contribution in [2.45, 2.75) is 38.2 Å². The van der Waals surface area contributed by atoms with E-state index in [0.717, 1.165) is 78.8 Å². The molecule has 2 N–H and O–H groups in total. The Kier molecular flexibility index (Phi) is 5.42. The van der Waals surface area contributed by atoms with E-state index < -0.39 is 0 Å². The zero-order valence-electron chi connectivity index (χ0n) is 19.4. The predicted molar refractivity (Wildman–Crippen MR) is 130 cm³/mol. The number of benzene rings is 1. The molecule has 1 aliphatic carbocycles. The van der Waals surface area contributed by atoms with E-state index in [1.807, 2.05) is 12.1 Å². The van der Waals surface area contributed by atoms with Crippen LogP contribution in [0, 0.1) is 5.92 Å². The van der Waals surface area contributed by atoms with Crippen LogP contribution in [0.15, 0.2) is 30.6 Å². The molecule has 8 nitrogen and oxygen atoms in total. The zero-order valence-corrected chi connectivity index (χ0v) is 19.4. The lowest BCUT2D eigenvalue weighted by atomic mass is 9.97. The van der Waals surface area contributed by atoms with E-state index in [-0.39, 0.29) is 5.60 Å². The SMILES string of the molecule is CC1(Oc2ccc3[nH]nc(-c4cc(N5CCN(CC6CCNCC6)CC5)ncn4)c3c2)CC1. The first-order valence-electron chi connectivity index (χ1n) is 12.3. The Morgan fingerprint density at radius 3 is 2.67 bits per heavy atom. The van der Waals surface area contributed by atoms with Crippen molar-refractivity contribution in [3.05, 3.63) is 30.6 Å². The number of piperazine rings is 1. The number of aromatic nitrogens is 4. The molecule has 0 unspecified atom stereocenters. The van der Waals surface area contributed by atoms with Crippen molar-refractivity contribution < 1.29 is 4.74 Å². The lowest BCUT2D eigenvalue weighted by Gasteiger charge is -2.37. The van der Waals surface area contributed by atoms with Crippen LogP contribution < -0.4 is 15.0 Å².